The van der Waals surface area contributed by atoms with Gasteiger partial charge in [0.2, 0.25) is 0 Å². The highest BCUT2D eigenvalue weighted by atomic mass is 35.5. The van der Waals surface area contributed by atoms with Crippen molar-refractivity contribution < 1.29 is 0 Å². The molecule has 3 rings (SSSR count). The molecule has 2 aromatic heterocycles. The summed E-state index contributed by atoms with van der Waals surface area (Å²) in [6.07, 6.45) is 2.04. The molecule has 2 heterocycles. The largest absolute Gasteiger partial charge is 0.191 e. The van der Waals surface area contributed by atoms with Crippen molar-refractivity contribution in [1.29, 1.82) is 0 Å². The van der Waals surface area contributed by atoms with Gasteiger partial charge in [0.1, 0.15) is 5.15 Å². The van der Waals surface area contributed by atoms with Crippen molar-refractivity contribution >= 4 is 29.0 Å². The zero-order chi connectivity index (χ0) is 12.5. The van der Waals surface area contributed by atoms with E-state index >= 15 is 0 Å². The third-order valence-corrected chi connectivity index (χ3v) is 3.49. The molecule has 4 nitrogen and oxygen atoms in total. The van der Waals surface area contributed by atoms with Crippen LogP contribution in [0.1, 0.15) is 0 Å². The van der Waals surface area contributed by atoms with E-state index in [0.717, 1.165) is 5.56 Å². The molecule has 0 bridgehead atoms. The molecule has 3 aromatic rings. The lowest BCUT2D eigenvalue weighted by molar-refractivity contribution is 0.935. The smallest absolute Gasteiger partial charge is 0.185 e. The van der Waals surface area contributed by atoms with Crippen molar-refractivity contribution in [1.82, 2.24) is 19.8 Å². The molecule has 0 unspecified atom stereocenters. The molecular formula is C12H9ClN4S. The van der Waals surface area contributed by atoms with Crippen LogP contribution in [-0.4, -0.2) is 26.1 Å². The normalized spacial score (nSPS) is 11.0. The Morgan fingerprint density at radius 2 is 2.06 bits per heavy atom. The number of fused-ring (bicyclic) bond motifs is 1. The molecule has 6 heteroatoms. The molecule has 0 atom stereocenters. The summed E-state index contributed by atoms with van der Waals surface area (Å²) in [5.41, 5.74) is 1.66. The van der Waals surface area contributed by atoms with Crippen LogP contribution < -0.4 is 0 Å². The van der Waals surface area contributed by atoms with E-state index in [9.17, 15) is 0 Å². The van der Waals surface area contributed by atoms with Gasteiger partial charge in [-0.2, -0.15) is 9.61 Å². The molecule has 0 saturated carbocycles. The highest BCUT2D eigenvalue weighted by Crippen LogP contribution is 2.23. The van der Waals surface area contributed by atoms with Gasteiger partial charge >= 0.3 is 0 Å². The lowest BCUT2D eigenvalue weighted by Gasteiger charge is -2.01. The van der Waals surface area contributed by atoms with Gasteiger partial charge in [-0.25, -0.2) is 0 Å². The summed E-state index contributed by atoms with van der Waals surface area (Å²) in [5.74, 6) is 0.698. The van der Waals surface area contributed by atoms with Crippen molar-refractivity contribution in [3.05, 3.63) is 41.6 Å². The summed E-state index contributed by atoms with van der Waals surface area (Å²) < 4.78 is 1.65. The van der Waals surface area contributed by atoms with Gasteiger partial charge < -0.3 is 0 Å². The minimum atomic E-state index is 0.421. The lowest BCUT2D eigenvalue weighted by Crippen LogP contribution is -1.94. The zero-order valence-corrected chi connectivity index (χ0v) is 11.1. The highest BCUT2D eigenvalue weighted by molar-refractivity contribution is 7.98. The SMILES string of the molecule is CSc1cccc(-c2nnc3ccc(Cl)nn23)c1. The van der Waals surface area contributed by atoms with Crippen LogP contribution in [0.3, 0.4) is 0 Å². The van der Waals surface area contributed by atoms with E-state index in [1.807, 2.05) is 18.4 Å². The van der Waals surface area contributed by atoms with Crippen LogP contribution in [0.2, 0.25) is 5.15 Å². The molecule has 0 amide bonds. The van der Waals surface area contributed by atoms with E-state index in [-0.39, 0.29) is 0 Å². The Hall–Kier alpha value is -1.59. The first-order chi connectivity index (χ1) is 8.78. The minimum absolute atomic E-state index is 0.421. The highest BCUT2D eigenvalue weighted by Gasteiger charge is 2.09. The van der Waals surface area contributed by atoms with E-state index in [2.05, 4.69) is 27.4 Å². The quantitative estimate of drug-likeness (QED) is 0.674. The first-order valence-corrected chi connectivity index (χ1v) is 6.90. The lowest BCUT2D eigenvalue weighted by atomic mass is 10.2. The third kappa shape index (κ3) is 1.95. The summed E-state index contributed by atoms with van der Waals surface area (Å²) in [5, 5.41) is 12.9. The van der Waals surface area contributed by atoms with E-state index in [0.29, 0.717) is 16.6 Å². The Bertz CT molecular complexity index is 710. The van der Waals surface area contributed by atoms with Gasteiger partial charge in [0.05, 0.1) is 0 Å². The van der Waals surface area contributed by atoms with Gasteiger partial charge in [0, 0.05) is 10.5 Å². The predicted octanol–water partition coefficient (Wildman–Crippen LogP) is 3.17. The van der Waals surface area contributed by atoms with Crippen LogP contribution in [0, 0.1) is 0 Å². The van der Waals surface area contributed by atoms with Crippen molar-refractivity contribution in [3.8, 4) is 11.4 Å². The van der Waals surface area contributed by atoms with Crippen LogP contribution in [0.4, 0.5) is 0 Å². The standard InChI is InChI=1S/C12H9ClN4S/c1-18-9-4-2-3-8(7-9)12-15-14-11-6-5-10(13)16-17(11)12/h2-7H,1H3. The molecule has 0 N–H and O–H groups in total. The van der Waals surface area contributed by atoms with Crippen molar-refractivity contribution in [2.24, 2.45) is 0 Å². The van der Waals surface area contributed by atoms with Crippen LogP contribution >= 0.6 is 23.4 Å². The molecule has 0 aliphatic rings. The molecule has 0 saturated heterocycles. The number of benzene rings is 1. The Morgan fingerprint density at radius 1 is 1.17 bits per heavy atom. The second kappa shape index (κ2) is 4.59. The third-order valence-electron chi connectivity index (χ3n) is 2.56. The molecule has 0 spiro atoms. The van der Waals surface area contributed by atoms with Gasteiger partial charge in [0.25, 0.3) is 0 Å². The van der Waals surface area contributed by atoms with Crippen LogP contribution in [-0.2, 0) is 0 Å². The van der Waals surface area contributed by atoms with Crippen molar-refractivity contribution in [2.75, 3.05) is 6.26 Å². The number of nitrogens with zero attached hydrogens (tertiary/aromatic N) is 4. The summed E-state index contributed by atoms with van der Waals surface area (Å²) >= 11 is 7.59. The fourth-order valence-electron chi connectivity index (χ4n) is 1.71. The van der Waals surface area contributed by atoms with Gasteiger partial charge in [-0.1, -0.05) is 23.7 Å². The number of aromatic nitrogens is 4. The Morgan fingerprint density at radius 3 is 2.89 bits per heavy atom. The summed E-state index contributed by atoms with van der Waals surface area (Å²) in [6.45, 7) is 0. The Kier molecular flexibility index (Phi) is 2.93. The molecular weight excluding hydrogens is 268 g/mol. The van der Waals surface area contributed by atoms with Crippen molar-refractivity contribution in [2.45, 2.75) is 4.90 Å². The number of hydrogen-bond donors (Lipinski definition) is 0. The van der Waals surface area contributed by atoms with Gasteiger partial charge in [0.15, 0.2) is 11.5 Å². The second-order valence-electron chi connectivity index (χ2n) is 3.68. The fourth-order valence-corrected chi connectivity index (χ4v) is 2.31. The number of rotatable bonds is 2. The first kappa shape index (κ1) is 11.5. The molecule has 0 aliphatic heterocycles. The second-order valence-corrected chi connectivity index (χ2v) is 4.95. The average molecular weight is 277 g/mol. The summed E-state index contributed by atoms with van der Waals surface area (Å²) in [4.78, 5) is 1.17. The summed E-state index contributed by atoms with van der Waals surface area (Å²) in [6, 6.07) is 11.6. The predicted molar refractivity (Wildman–Crippen MR) is 73.0 cm³/mol. The van der Waals surface area contributed by atoms with E-state index in [1.165, 1.54) is 4.90 Å². The van der Waals surface area contributed by atoms with Gasteiger partial charge in [-0.15, -0.1) is 22.0 Å². The molecule has 18 heavy (non-hydrogen) atoms. The average Bonchev–Trinajstić information content (AvgIpc) is 2.81. The molecule has 0 radical (unpaired) electrons. The van der Waals surface area contributed by atoms with Crippen LogP contribution in [0.5, 0.6) is 0 Å². The van der Waals surface area contributed by atoms with Gasteiger partial charge in [-0.05, 0) is 30.5 Å². The molecule has 0 fully saturated rings. The van der Waals surface area contributed by atoms with Gasteiger partial charge in [-0.3, -0.25) is 0 Å². The van der Waals surface area contributed by atoms with E-state index in [4.69, 9.17) is 11.6 Å². The zero-order valence-electron chi connectivity index (χ0n) is 9.54. The topological polar surface area (TPSA) is 43.1 Å². The monoisotopic (exact) mass is 276 g/mol. The van der Waals surface area contributed by atoms with Crippen molar-refractivity contribution in [3.63, 3.8) is 0 Å². The first-order valence-electron chi connectivity index (χ1n) is 5.30. The number of thioether (sulfide) groups is 1. The van der Waals surface area contributed by atoms with E-state index < -0.39 is 0 Å². The van der Waals surface area contributed by atoms with Crippen LogP contribution in [0.25, 0.3) is 17.0 Å². The minimum Gasteiger partial charge on any atom is -0.191 e. The van der Waals surface area contributed by atoms with E-state index in [1.54, 1.807) is 28.4 Å². The Balaban J connectivity index is 2.21. The number of hydrogen-bond acceptors (Lipinski definition) is 4. The number of halogens is 1. The maximum atomic E-state index is 5.90. The maximum Gasteiger partial charge on any atom is 0.185 e. The molecule has 90 valence electrons. The van der Waals surface area contributed by atoms with Crippen LogP contribution in [0.15, 0.2) is 41.3 Å². The fraction of sp³-hybridized carbons (Fsp3) is 0.0833. The Labute approximate surface area is 113 Å². The maximum absolute atomic E-state index is 5.90. The summed E-state index contributed by atoms with van der Waals surface area (Å²) in [7, 11) is 0. The molecule has 0 aliphatic carbocycles. The molecule has 1 aromatic carbocycles.